The van der Waals surface area contributed by atoms with Crippen LogP contribution in [-0.2, 0) is 11.2 Å². The second-order valence-corrected chi connectivity index (χ2v) is 3.29. The van der Waals surface area contributed by atoms with Crippen molar-refractivity contribution < 1.29 is 4.55 Å². The van der Waals surface area contributed by atoms with E-state index in [1.165, 1.54) is 6.33 Å². The quantitative estimate of drug-likeness (QED) is 0.380. The summed E-state index contributed by atoms with van der Waals surface area (Å²) in [6.07, 6.45) is 4.57. The first-order chi connectivity index (χ1) is 5.34. The normalized spacial score (nSPS) is 12.5. The van der Waals surface area contributed by atoms with Gasteiger partial charge in [-0.05, 0) is 6.08 Å². The summed E-state index contributed by atoms with van der Waals surface area (Å²) in [5.74, 6) is 0.441. The van der Waals surface area contributed by atoms with Gasteiger partial charge in [-0.15, -0.1) is 0 Å². The van der Waals surface area contributed by atoms with E-state index >= 15 is 0 Å². The van der Waals surface area contributed by atoms with Gasteiger partial charge in [0, 0.05) is 23.4 Å². The van der Waals surface area contributed by atoms with Gasteiger partial charge in [0.2, 0.25) is 5.03 Å². The third-order valence-electron chi connectivity index (χ3n) is 1.06. The molecule has 0 aliphatic heterocycles. The van der Waals surface area contributed by atoms with E-state index < -0.39 is 11.2 Å². The molecule has 0 aliphatic rings. The highest BCUT2D eigenvalue weighted by Crippen LogP contribution is 2.04. The Bertz CT molecular complexity index is 227. The summed E-state index contributed by atoms with van der Waals surface area (Å²) in [6, 6.07) is 1.64. The number of nitrogens with zero attached hydrogens (tertiary/aromatic N) is 2. The lowest BCUT2D eigenvalue weighted by Gasteiger charge is -2.04. The van der Waals surface area contributed by atoms with Gasteiger partial charge in [-0.3, -0.25) is 0 Å². The first kappa shape index (κ1) is 8.23. The van der Waals surface area contributed by atoms with Crippen LogP contribution in [0, 0.1) is 0 Å². The van der Waals surface area contributed by atoms with Crippen LogP contribution in [0.25, 0.3) is 0 Å². The van der Waals surface area contributed by atoms with E-state index in [4.69, 9.17) is 0 Å². The molecule has 0 aliphatic carbocycles. The number of hydrogen-bond donors (Lipinski definition) is 0. The summed E-state index contributed by atoms with van der Waals surface area (Å²) in [7, 11) is 0. The standard InChI is InChI=1S/C7H8N2OS/c1-2-5-11(10)7-3-4-8-6-9-7/h2-4,6H,1,5H2. The maximum absolute atomic E-state index is 11.2. The van der Waals surface area contributed by atoms with Crippen molar-refractivity contribution in [3.05, 3.63) is 31.2 Å². The zero-order chi connectivity index (χ0) is 8.10. The van der Waals surface area contributed by atoms with Crippen LogP contribution >= 0.6 is 0 Å². The van der Waals surface area contributed by atoms with Gasteiger partial charge in [-0.2, -0.15) is 4.98 Å². The van der Waals surface area contributed by atoms with E-state index in [2.05, 4.69) is 16.5 Å². The van der Waals surface area contributed by atoms with Crippen LogP contribution in [0.4, 0.5) is 0 Å². The van der Waals surface area contributed by atoms with E-state index in [0.717, 1.165) is 0 Å². The minimum atomic E-state index is -1.05. The highest BCUT2D eigenvalue weighted by Gasteiger charge is 2.07. The maximum atomic E-state index is 11.2. The molecule has 1 aromatic rings. The summed E-state index contributed by atoms with van der Waals surface area (Å²) in [5.41, 5.74) is 0. The zero-order valence-corrected chi connectivity index (χ0v) is 6.75. The minimum Gasteiger partial charge on any atom is -0.610 e. The fourth-order valence-corrected chi connectivity index (χ4v) is 1.37. The highest BCUT2D eigenvalue weighted by atomic mass is 32.2. The third kappa shape index (κ3) is 2.32. The molecule has 1 aromatic heterocycles. The Morgan fingerprint density at radius 1 is 1.73 bits per heavy atom. The molecule has 4 heteroatoms. The van der Waals surface area contributed by atoms with Crippen molar-refractivity contribution in [1.29, 1.82) is 0 Å². The predicted octanol–water partition coefficient (Wildman–Crippen LogP) is 0.770. The molecule has 1 atom stereocenters. The van der Waals surface area contributed by atoms with Crippen LogP contribution in [0.1, 0.15) is 0 Å². The number of aromatic nitrogens is 2. The van der Waals surface area contributed by atoms with Gasteiger partial charge in [0.15, 0.2) is 0 Å². The topological polar surface area (TPSA) is 48.8 Å². The Hall–Kier alpha value is -0.870. The number of hydrogen-bond acceptors (Lipinski definition) is 3. The van der Waals surface area contributed by atoms with Crippen molar-refractivity contribution in [3.63, 3.8) is 0 Å². The Kier molecular flexibility index (Phi) is 3.07. The van der Waals surface area contributed by atoms with E-state index in [0.29, 0.717) is 10.8 Å². The SMILES string of the molecule is C=CC[S+]([O-])c1ccncn1. The first-order valence-electron chi connectivity index (χ1n) is 3.10. The summed E-state index contributed by atoms with van der Waals surface area (Å²) in [6.45, 7) is 3.49. The second-order valence-electron chi connectivity index (χ2n) is 1.85. The molecule has 3 nitrogen and oxygen atoms in total. The van der Waals surface area contributed by atoms with Gasteiger partial charge in [-0.1, -0.05) is 6.58 Å². The van der Waals surface area contributed by atoms with Gasteiger partial charge >= 0.3 is 0 Å². The predicted molar refractivity (Wildman–Crippen MR) is 43.5 cm³/mol. The molecule has 11 heavy (non-hydrogen) atoms. The summed E-state index contributed by atoms with van der Waals surface area (Å²) in [5, 5.41) is 0.555. The van der Waals surface area contributed by atoms with E-state index in [-0.39, 0.29) is 0 Å². The van der Waals surface area contributed by atoms with E-state index in [9.17, 15) is 4.55 Å². The van der Waals surface area contributed by atoms with E-state index in [1.54, 1.807) is 18.3 Å². The molecule has 1 rings (SSSR count). The van der Waals surface area contributed by atoms with Crippen molar-refractivity contribution in [1.82, 2.24) is 9.97 Å². The smallest absolute Gasteiger partial charge is 0.247 e. The fourth-order valence-electron chi connectivity index (χ4n) is 0.606. The molecular weight excluding hydrogens is 160 g/mol. The fraction of sp³-hybridized carbons (Fsp3) is 0.143. The van der Waals surface area contributed by atoms with Crippen molar-refractivity contribution >= 4 is 11.2 Å². The Morgan fingerprint density at radius 2 is 2.55 bits per heavy atom. The van der Waals surface area contributed by atoms with Crippen LogP contribution in [0.15, 0.2) is 36.3 Å². The van der Waals surface area contributed by atoms with Gasteiger partial charge in [0.05, 0.1) is 0 Å². The van der Waals surface area contributed by atoms with Gasteiger partial charge in [-0.25, -0.2) is 4.98 Å². The molecule has 0 amide bonds. The molecule has 58 valence electrons. The third-order valence-corrected chi connectivity index (χ3v) is 2.30. The molecule has 0 bridgehead atoms. The van der Waals surface area contributed by atoms with Gasteiger partial charge < -0.3 is 4.55 Å². The van der Waals surface area contributed by atoms with Crippen LogP contribution in [-0.4, -0.2) is 20.3 Å². The lowest BCUT2D eigenvalue weighted by Crippen LogP contribution is -2.06. The minimum absolute atomic E-state index is 0.441. The van der Waals surface area contributed by atoms with E-state index in [1.807, 2.05) is 0 Å². The first-order valence-corrected chi connectivity index (χ1v) is 4.42. The Labute approximate surface area is 68.4 Å². The van der Waals surface area contributed by atoms with Crippen molar-refractivity contribution in [2.24, 2.45) is 0 Å². The largest absolute Gasteiger partial charge is 0.610 e. The van der Waals surface area contributed by atoms with Crippen molar-refractivity contribution in [2.45, 2.75) is 5.03 Å². The average molecular weight is 168 g/mol. The van der Waals surface area contributed by atoms with Crippen LogP contribution in [0.3, 0.4) is 0 Å². The average Bonchev–Trinajstić information content (AvgIpc) is 2.07. The van der Waals surface area contributed by atoms with Gasteiger partial charge in [0.1, 0.15) is 12.1 Å². The van der Waals surface area contributed by atoms with Crippen LogP contribution < -0.4 is 0 Å². The van der Waals surface area contributed by atoms with Gasteiger partial charge in [0.25, 0.3) is 0 Å². The Morgan fingerprint density at radius 3 is 3.09 bits per heavy atom. The molecule has 1 unspecified atom stereocenters. The van der Waals surface area contributed by atoms with Crippen molar-refractivity contribution in [3.8, 4) is 0 Å². The molecule has 1 heterocycles. The molecular formula is C7H8N2OS. The molecule has 0 radical (unpaired) electrons. The molecule has 0 saturated heterocycles. The van der Waals surface area contributed by atoms with Crippen LogP contribution in [0.2, 0.25) is 0 Å². The summed E-state index contributed by atoms with van der Waals surface area (Å²) < 4.78 is 11.2. The molecule has 0 aromatic carbocycles. The molecule has 0 saturated carbocycles. The lowest BCUT2D eigenvalue weighted by atomic mass is 10.7. The summed E-state index contributed by atoms with van der Waals surface area (Å²) >= 11 is -1.05. The second kappa shape index (κ2) is 4.10. The van der Waals surface area contributed by atoms with Crippen molar-refractivity contribution in [2.75, 3.05) is 5.75 Å². The lowest BCUT2D eigenvalue weighted by molar-refractivity contribution is 0.594. The summed E-state index contributed by atoms with van der Waals surface area (Å²) in [4.78, 5) is 7.55. The highest BCUT2D eigenvalue weighted by molar-refractivity contribution is 7.91. The Balaban J connectivity index is 2.68. The maximum Gasteiger partial charge on any atom is 0.247 e. The molecule has 0 N–H and O–H groups in total. The number of rotatable bonds is 3. The zero-order valence-electron chi connectivity index (χ0n) is 5.93. The monoisotopic (exact) mass is 168 g/mol. The molecule has 0 fully saturated rings. The van der Waals surface area contributed by atoms with Crippen LogP contribution in [0.5, 0.6) is 0 Å². The molecule has 0 spiro atoms.